The number of hydrogen-bond acceptors (Lipinski definition) is 6. The summed E-state index contributed by atoms with van der Waals surface area (Å²) in [5.74, 6) is -0.323. The number of aromatic nitrogens is 2. The Kier molecular flexibility index (Phi) is 7.02. The highest BCUT2D eigenvalue weighted by Gasteiger charge is 2.42. The Morgan fingerprint density at radius 3 is 2.67 bits per heavy atom. The standard InChI is InChI=1S/C25H22Cl2N4O3S2/c1-16-20(27)10-11-22-23(16)29-25(35-22)30(15-17-4-2-12-28-14-17)24(32)21-5-3-13-31(21)36(33,34)19-8-6-18(26)7-9-19/h2,4,6-12,14,21H,3,5,13,15H2,1H3. The lowest BCUT2D eigenvalue weighted by Crippen LogP contribution is -2.47. The average Bonchev–Trinajstić information content (AvgIpc) is 3.54. The number of carbonyl (C=O) groups excluding carboxylic acids is 1. The molecule has 1 aliphatic rings. The lowest BCUT2D eigenvalue weighted by molar-refractivity contribution is -0.121. The zero-order chi connectivity index (χ0) is 25.4. The lowest BCUT2D eigenvalue weighted by atomic mass is 10.2. The number of amides is 1. The zero-order valence-corrected chi connectivity index (χ0v) is 22.4. The maximum Gasteiger partial charge on any atom is 0.247 e. The second-order valence-corrected chi connectivity index (χ2v) is 12.3. The molecule has 1 aliphatic heterocycles. The van der Waals surface area contributed by atoms with Crippen molar-refractivity contribution in [3.05, 3.63) is 82.1 Å². The minimum absolute atomic E-state index is 0.107. The molecule has 0 saturated carbocycles. The van der Waals surface area contributed by atoms with Crippen LogP contribution < -0.4 is 4.90 Å². The number of nitrogens with zero attached hydrogens (tertiary/aromatic N) is 4. The number of carbonyl (C=O) groups is 1. The fourth-order valence-electron chi connectivity index (χ4n) is 4.31. The summed E-state index contributed by atoms with van der Waals surface area (Å²) in [6.45, 7) is 2.36. The minimum atomic E-state index is -3.89. The van der Waals surface area contributed by atoms with Crippen LogP contribution in [0.25, 0.3) is 10.2 Å². The van der Waals surface area contributed by atoms with Crippen LogP contribution in [0.1, 0.15) is 24.0 Å². The van der Waals surface area contributed by atoms with Gasteiger partial charge in [0.25, 0.3) is 0 Å². The van der Waals surface area contributed by atoms with Crippen molar-refractivity contribution in [3.8, 4) is 0 Å². The number of anilines is 1. The van der Waals surface area contributed by atoms with Gasteiger partial charge in [0.2, 0.25) is 15.9 Å². The van der Waals surface area contributed by atoms with Crippen molar-refractivity contribution in [1.82, 2.24) is 14.3 Å². The normalized spacial score (nSPS) is 16.5. The molecule has 0 aliphatic carbocycles. The van der Waals surface area contributed by atoms with Crippen LogP contribution in [0.5, 0.6) is 0 Å². The first-order valence-corrected chi connectivity index (χ1v) is 14.3. The molecule has 2 aromatic heterocycles. The Balaban J connectivity index is 1.54. The van der Waals surface area contributed by atoms with Gasteiger partial charge in [-0.1, -0.05) is 40.6 Å². The van der Waals surface area contributed by atoms with Gasteiger partial charge in [0.05, 0.1) is 21.7 Å². The van der Waals surface area contributed by atoms with E-state index in [0.717, 1.165) is 21.3 Å². The van der Waals surface area contributed by atoms with E-state index < -0.39 is 16.1 Å². The van der Waals surface area contributed by atoms with E-state index in [1.807, 2.05) is 25.1 Å². The molecule has 4 aromatic rings. The summed E-state index contributed by atoms with van der Waals surface area (Å²) in [5, 5.41) is 1.53. The first-order valence-electron chi connectivity index (χ1n) is 11.3. The van der Waals surface area contributed by atoms with Crippen LogP contribution in [0, 0.1) is 6.92 Å². The molecule has 1 amide bonds. The first-order chi connectivity index (χ1) is 17.3. The molecule has 2 aromatic carbocycles. The van der Waals surface area contributed by atoms with Crippen molar-refractivity contribution in [1.29, 1.82) is 0 Å². The summed E-state index contributed by atoms with van der Waals surface area (Å²) >= 11 is 13.6. The van der Waals surface area contributed by atoms with Crippen LogP contribution in [-0.2, 0) is 21.4 Å². The van der Waals surface area contributed by atoms with Crippen LogP contribution in [-0.4, -0.2) is 41.2 Å². The van der Waals surface area contributed by atoms with Gasteiger partial charge in [0.15, 0.2) is 5.13 Å². The number of thiazole rings is 1. The number of sulfonamides is 1. The fraction of sp³-hybridized carbons (Fsp3) is 0.240. The van der Waals surface area contributed by atoms with Crippen LogP contribution in [0.2, 0.25) is 10.0 Å². The smallest absolute Gasteiger partial charge is 0.247 e. The van der Waals surface area contributed by atoms with Crippen molar-refractivity contribution in [3.63, 3.8) is 0 Å². The van der Waals surface area contributed by atoms with Gasteiger partial charge in [-0.3, -0.25) is 14.7 Å². The molecule has 0 N–H and O–H groups in total. The van der Waals surface area contributed by atoms with Crippen LogP contribution >= 0.6 is 34.5 Å². The zero-order valence-electron chi connectivity index (χ0n) is 19.3. The number of aryl methyl sites for hydroxylation is 1. The highest BCUT2D eigenvalue weighted by molar-refractivity contribution is 7.89. The van der Waals surface area contributed by atoms with Gasteiger partial charge in [-0.2, -0.15) is 4.31 Å². The summed E-state index contributed by atoms with van der Waals surface area (Å²) < 4.78 is 29.1. The second kappa shape index (κ2) is 10.1. The van der Waals surface area contributed by atoms with E-state index >= 15 is 0 Å². The van der Waals surface area contributed by atoms with Crippen LogP contribution in [0.4, 0.5) is 5.13 Å². The summed E-state index contributed by atoms with van der Waals surface area (Å²) in [7, 11) is -3.89. The molecule has 0 radical (unpaired) electrons. The molecule has 1 atom stereocenters. The SMILES string of the molecule is Cc1c(Cl)ccc2sc(N(Cc3cccnc3)C(=O)C3CCCN3S(=O)(=O)c3ccc(Cl)cc3)nc12. The predicted molar refractivity (Wildman–Crippen MR) is 143 cm³/mol. The molecule has 0 spiro atoms. The van der Waals surface area contributed by atoms with Gasteiger partial charge in [-0.05, 0) is 73.4 Å². The summed E-state index contributed by atoms with van der Waals surface area (Å²) in [6, 6.07) is 12.5. The second-order valence-electron chi connectivity index (χ2n) is 8.53. The Morgan fingerprint density at radius 2 is 1.94 bits per heavy atom. The average molecular weight is 562 g/mol. The van der Waals surface area contributed by atoms with Crippen molar-refractivity contribution in [2.24, 2.45) is 0 Å². The largest absolute Gasteiger partial charge is 0.282 e. The van der Waals surface area contributed by atoms with Gasteiger partial charge in [0.1, 0.15) is 6.04 Å². The monoisotopic (exact) mass is 560 g/mol. The quantitative estimate of drug-likeness (QED) is 0.302. The molecule has 5 rings (SSSR count). The maximum absolute atomic E-state index is 14.0. The van der Waals surface area contributed by atoms with Crippen LogP contribution in [0.15, 0.2) is 65.8 Å². The van der Waals surface area contributed by atoms with Gasteiger partial charge in [0, 0.05) is 29.0 Å². The number of hydrogen-bond donors (Lipinski definition) is 0. The number of pyridine rings is 1. The molecule has 1 unspecified atom stereocenters. The van der Waals surface area contributed by atoms with E-state index in [2.05, 4.69) is 4.98 Å². The first kappa shape index (κ1) is 25.1. The fourth-order valence-corrected chi connectivity index (χ4v) is 7.27. The topological polar surface area (TPSA) is 83.5 Å². The van der Waals surface area contributed by atoms with E-state index in [1.165, 1.54) is 39.9 Å². The van der Waals surface area contributed by atoms with Crippen molar-refractivity contribution in [2.75, 3.05) is 11.4 Å². The number of benzene rings is 2. The molecule has 1 fully saturated rings. The molecule has 7 nitrogen and oxygen atoms in total. The van der Waals surface area contributed by atoms with Crippen molar-refractivity contribution < 1.29 is 13.2 Å². The predicted octanol–water partition coefficient (Wildman–Crippen LogP) is 5.69. The Labute approximate surface area is 223 Å². The van der Waals surface area contributed by atoms with Crippen LogP contribution in [0.3, 0.4) is 0 Å². The molecule has 0 bridgehead atoms. The van der Waals surface area contributed by atoms with Crippen molar-refractivity contribution in [2.45, 2.75) is 37.2 Å². The number of fused-ring (bicyclic) bond motifs is 1. The minimum Gasteiger partial charge on any atom is -0.282 e. The third-order valence-electron chi connectivity index (χ3n) is 6.21. The molecular weight excluding hydrogens is 539 g/mol. The van der Waals surface area contributed by atoms with Gasteiger partial charge >= 0.3 is 0 Å². The van der Waals surface area contributed by atoms with E-state index in [4.69, 9.17) is 28.2 Å². The molecule has 3 heterocycles. The molecule has 11 heteroatoms. The number of halogens is 2. The molecule has 186 valence electrons. The Hall–Kier alpha value is -2.56. The maximum atomic E-state index is 14.0. The summed E-state index contributed by atoms with van der Waals surface area (Å²) in [6.07, 6.45) is 4.35. The van der Waals surface area contributed by atoms with E-state index in [1.54, 1.807) is 23.4 Å². The van der Waals surface area contributed by atoms with Crippen molar-refractivity contribution >= 4 is 65.8 Å². The third-order valence-corrected chi connectivity index (χ3v) is 9.83. The molecular formula is C25H22Cl2N4O3S2. The number of rotatable bonds is 6. The van der Waals surface area contributed by atoms with E-state index in [0.29, 0.717) is 28.0 Å². The summed E-state index contributed by atoms with van der Waals surface area (Å²) in [5.41, 5.74) is 2.37. The highest BCUT2D eigenvalue weighted by atomic mass is 35.5. The van der Waals surface area contributed by atoms with Gasteiger partial charge in [-0.25, -0.2) is 13.4 Å². The van der Waals surface area contributed by atoms with E-state index in [-0.39, 0.29) is 23.9 Å². The Bertz CT molecular complexity index is 1530. The van der Waals surface area contributed by atoms with Gasteiger partial charge < -0.3 is 0 Å². The lowest BCUT2D eigenvalue weighted by Gasteiger charge is -2.28. The Morgan fingerprint density at radius 1 is 1.17 bits per heavy atom. The van der Waals surface area contributed by atoms with Gasteiger partial charge in [-0.15, -0.1) is 0 Å². The molecule has 1 saturated heterocycles. The summed E-state index contributed by atoms with van der Waals surface area (Å²) in [4.78, 5) is 24.6. The third kappa shape index (κ3) is 4.73. The van der Waals surface area contributed by atoms with E-state index in [9.17, 15) is 13.2 Å². The molecule has 36 heavy (non-hydrogen) atoms. The highest BCUT2D eigenvalue weighted by Crippen LogP contribution is 2.36.